The Kier molecular flexibility index (Phi) is 5.62. The zero-order valence-corrected chi connectivity index (χ0v) is 12.6. The van der Waals surface area contributed by atoms with Gasteiger partial charge in [0.25, 0.3) is 0 Å². The molecule has 1 atom stereocenters. The molecule has 104 valence electrons. The van der Waals surface area contributed by atoms with Gasteiger partial charge in [-0.2, -0.15) is 5.10 Å². The van der Waals surface area contributed by atoms with Crippen LogP contribution in [0.1, 0.15) is 32.0 Å². The Balaban J connectivity index is 3.04. The van der Waals surface area contributed by atoms with E-state index in [1.54, 1.807) is 10.9 Å². The Morgan fingerprint density at radius 1 is 1.50 bits per heavy atom. The van der Waals surface area contributed by atoms with Crippen molar-refractivity contribution in [1.29, 1.82) is 0 Å². The molecule has 0 saturated carbocycles. The van der Waals surface area contributed by atoms with Crippen LogP contribution in [-0.4, -0.2) is 36.8 Å². The van der Waals surface area contributed by atoms with Crippen molar-refractivity contribution in [2.45, 2.75) is 32.9 Å². The first-order chi connectivity index (χ1) is 8.39. The number of hydrogen-bond acceptors (Lipinski definition) is 4. The van der Waals surface area contributed by atoms with E-state index in [4.69, 9.17) is 11.6 Å². The fraction of sp³-hybridized carbons (Fsp3) is 0.727. The second-order valence-electron chi connectivity index (χ2n) is 4.29. The van der Waals surface area contributed by atoms with Gasteiger partial charge in [0, 0.05) is 12.8 Å². The lowest BCUT2D eigenvalue weighted by Crippen LogP contribution is -2.30. The number of aryl methyl sites for hydroxylation is 1. The summed E-state index contributed by atoms with van der Waals surface area (Å²) in [6.45, 7) is 5.38. The molecular formula is C11H20ClN3O2S. The second kappa shape index (κ2) is 6.54. The van der Waals surface area contributed by atoms with E-state index in [1.807, 2.05) is 13.8 Å². The van der Waals surface area contributed by atoms with Gasteiger partial charge >= 0.3 is 0 Å². The Hall–Kier alpha value is -0.590. The molecule has 5 nitrogen and oxygen atoms in total. The molecule has 1 aromatic heterocycles. The van der Waals surface area contributed by atoms with Crippen molar-refractivity contribution < 1.29 is 8.42 Å². The minimum absolute atomic E-state index is 0.0262. The Morgan fingerprint density at radius 3 is 2.67 bits per heavy atom. The van der Waals surface area contributed by atoms with Gasteiger partial charge in [-0.05, 0) is 19.9 Å². The van der Waals surface area contributed by atoms with E-state index in [2.05, 4.69) is 10.4 Å². The molecule has 1 aromatic rings. The summed E-state index contributed by atoms with van der Waals surface area (Å²) < 4.78 is 24.7. The van der Waals surface area contributed by atoms with Gasteiger partial charge in [-0.1, -0.05) is 18.5 Å². The molecule has 1 heterocycles. The molecule has 0 bridgehead atoms. The molecule has 7 heteroatoms. The largest absolute Gasteiger partial charge is 0.308 e. The van der Waals surface area contributed by atoms with Crippen LogP contribution in [0.25, 0.3) is 0 Å². The smallest absolute Gasteiger partial charge is 0.149 e. The van der Waals surface area contributed by atoms with Gasteiger partial charge in [0.15, 0.2) is 0 Å². The van der Waals surface area contributed by atoms with Crippen LogP contribution in [0.5, 0.6) is 0 Å². The highest BCUT2D eigenvalue weighted by Gasteiger charge is 2.23. The van der Waals surface area contributed by atoms with E-state index < -0.39 is 9.84 Å². The summed E-state index contributed by atoms with van der Waals surface area (Å²) in [5.74, 6) is 0.0262. The highest BCUT2D eigenvalue weighted by molar-refractivity contribution is 7.90. The van der Waals surface area contributed by atoms with Gasteiger partial charge in [0.05, 0.1) is 28.7 Å². The Labute approximate surface area is 113 Å². The Bertz CT molecular complexity index is 484. The van der Waals surface area contributed by atoms with Gasteiger partial charge in [0.1, 0.15) is 9.84 Å². The van der Waals surface area contributed by atoms with E-state index in [1.165, 1.54) is 6.26 Å². The molecule has 1 unspecified atom stereocenters. The minimum atomic E-state index is -3.08. The number of nitrogens with zero attached hydrogens (tertiary/aromatic N) is 2. The van der Waals surface area contributed by atoms with Gasteiger partial charge in [0.2, 0.25) is 0 Å². The van der Waals surface area contributed by atoms with E-state index in [-0.39, 0.29) is 11.8 Å². The maximum atomic E-state index is 11.5. The lowest BCUT2D eigenvalue weighted by Gasteiger charge is -2.19. The van der Waals surface area contributed by atoms with Crippen LogP contribution in [0.3, 0.4) is 0 Å². The second-order valence-corrected chi connectivity index (χ2v) is 6.88. The molecule has 0 aliphatic heterocycles. The molecule has 1 rings (SSSR count). The van der Waals surface area contributed by atoms with Crippen molar-refractivity contribution >= 4 is 21.4 Å². The van der Waals surface area contributed by atoms with Crippen molar-refractivity contribution in [2.75, 3.05) is 18.6 Å². The number of aromatic nitrogens is 2. The number of rotatable bonds is 7. The molecule has 1 N–H and O–H groups in total. The SMILES string of the molecule is CCCNC(CS(C)(=O)=O)c1c(Cl)cnn1CC. The number of nitrogens with one attached hydrogen (secondary N) is 1. The Morgan fingerprint density at radius 2 is 2.17 bits per heavy atom. The fourth-order valence-corrected chi connectivity index (χ4v) is 2.98. The molecule has 18 heavy (non-hydrogen) atoms. The third-order valence-electron chi connectivity index (χ3n) is 2.57. The topological polar surface area (TPSA) is 64.0 Å². The highest BCUT2D eigenvalue weighted by Crippen LogP contribution is 2.24. The van der Waals surface area contributed by atoms with Crippen molar-refractivity contribution in [3.05, 3.63) is 16.9 Å². The summed E-state index contributed by atoms with van der Waals surface area (Å²) in [7, 11) is -3.08. The van der Waals surface area contributed by atoms with Crippen LogP contribution < -0.4 is 5.32 Å². The van der Waals surface area contributed by atoms with Crippen molar-refractivity contribution in [2.24, 2.45) is 0 Å². The first kappa shape index (κ1) is 15.5. The third-order valence-corrected chi connectivity index (χ3v) is 3.80. The minimum Gasteiger partial charge on any atom is -0.308 e. The molecular weight excluding hydrogens is 274 g/mol. The van der Waals surface area contributed by atoms with E-state index in [0.717, 1.165) is 18.7 Å². The molecule has 0 radical (unpaired) electrons. The molecule has 0 aromatic carbocycles. The predicted molar refractivity (Wildman–Crippen MR) is 73.7 cm³/mol. The molecule has 0 saturated heterocycles. The third kappa shape index (κ3) is 4.26. The summed E-state index contributed by atoms with van der Waals surface area (Å²) in [6, 6.07) is -0.310. The van der Waals surface area contributed by atoms with Crippen LogP contribution in [-0.2, 0) is 16.4 Å². The van der Waals surface area contributed by atoms with Crippen LogP contribution in [0, 0.1) is 0 Å². The zero-order chi connectivity index (χ0) is 13.8. The normalized spacial score (nSPS) is 13.8. The predicted octanol–water partition coefficient (Wildman–Crippen LogP) is 1.64. The van der Waals surface area contributed by atoms with Crippen molar-refractivity contribution in [1.82, 2.24) is 15.1 Å². The van der Waals surface area contributed by atoms with E-state index in [9.17, 15) is 8.42 Å². The van der Waals surface area contributed by atoms with Gasteiger partial charge in [-0.25, -0.2) is 8.42 Å². The summed E-state index contributed by atoms with van der Waals surface area (Å²) in [6.07, 6.45) is 3.72. The summed E-state index contributed by atoms with van der Waals surface area (Å²) in [4.78, 5) is 0. The summed E-state index contributed by atoms with van der Waals surface area (Å²) in [5.41, 5.74) is 0.748. The van der Waals surface area contributed by atoms with Gasteiger partial charge in [-0.3, -0.25) is 4.68 Å². The molecule has 0 aliphatic carbocycles. The molecule has 0 spiro atoms. The van der Waals surface area contributed by atoms with Gasteiger partial charge in [-0.15, -0.1) is 0 Å². The molecule has 0 aliphatic rings. The molecule has 0 amide bonds. The first-order valence-electron chi connectivity index (χ1n) is 6.01. The standard InChI is InChI=1S/C11H20ClN3O2S/c1-4-6-13-10(8-18(3,16)17)11-9(12)7-14-15(11)5-2/h7,10,13H,4-6,8H2,1-3H3. The van der Waals surface area contributed by atoms with Crippen molar-refractivity contribution in [3.8, 4) is 0 Å². The van der Waals surface area contributed by atoms with Crippen molar-refractivity contribution in [3.63, 3.8) is 0 Å². The maximum Gasteiger partial charge on any atom is 0.149 e. The number of sulfone groups is 1. The lowest BCUT2D eigenvalue weighted by atomic mass is 10.2. The average molecular weight is 294 g/mol. The van der Waals surface area contributed by atoms with Gasteiger partial charge < -0.3 is 5.32 Å². The zero-order valence-electron chi connectivity index (χ0n) is 11.0. The highest BCUT2D eigenvalue weighted by atomic mass is 35.5. The number of hydrogen-bond donors (Lipinski definition) is 1. The van der Waals surface area contributed by atoms with E-state index in [0.29, 0.717) is 11.6 Å². The molecule has 0 fully saturated rings. The quantitative estimate of drug-likeness (QED) is 0.830. The van der Waals surface area contributed by atoms with Crippen LogP contribution in [0.2, 0.25) is 5.02 Å². The monoisotopic (exact) mass is 293 g/mol. The average Bonchev–Trinajstić information content (AvgIpc) is 2.64. The summed E-state index contributed by atoms with van der Waals surface area (Å²) >= 11 is 6.11. The first-order valence-corrected chi connectivity index (χ1v) is 8.45. The van der Waals surface area contributed by atoms with Crippen LogP contribution in [0.4, 0.5) is 0 Å². The number of halogens is 1. The summed E-state index contributed by atoms with van der Waals surface area (Å²) in [5, 5.41) is 7.87. The van der Waals surface area contributed by atoms with Crippen LogP contribution >= 0.6 is 11.6 Å². The van der Waals surface area contributed by atoms with E-state index >= 15 is 0 Å². The maximum absolute atomic E-state index is 11.5. The fourth-order valence-electron chi connectivity index (χ4n) is 1.83. The lowest BCUT2D eigenvalue weighted by molar-refractivity contribution is 0.503. The van der Waals surface area contributed by atoms with Crippen LogP contribution in [0.15, 0.2) is 6.20 Å².